The van der Waals surface area contributed by atoms with Gasteiger partial charge in [0.1, 0.15) is 18.1 Å². The molecule has 0 aliphatic carbocycles. The Balaban J connectivity index is 1.59. The lowest BCUT2D eigenvalue weighted by atomic mass is 9.93. The molecule has 2 N–H and O–H groups in total. The van der Waals surface area contributed by atoms with E-state index >= 15 is 0 Å². The van der Waals surface area contributed by atoms with E-state index in [1.165, 1.54) is 4.90 Å². The van der Waals surface area contributed by atoms with Gasteiger partial charge in [0, 0.05) is 29.3 Å². The lowest BCUT2D eigenvalue weighted by Gasteiger charge is -2.35. The first-order valence-electron chi connectivity index (χ1n) is 11.0. The number of hydrogen-bond acceptors (Lipinski definition) is 6. The van der Waals surface area contributed by atoms with Gasteiger partial charge in [-0.15, -0.1) is 0 Å². The maximum atomic E-state index is 13.6. The summed E-state index contributed by atoms with van der Waals surface area (Å²) in [7, 11) is 3.93. The Labute approximate surface area is 197 Å². The molecule has 3 aromatic rings. The number of aliphatic hydroxyl groups is 1. The molecule has 2 aliphatic heterocycles. The number of anilines is 2. The lowest BCUT2D eigenvalue weighted by Crippen LogP contribution is -2.45. The summed E-state index contributed by atoms with van der Waals surface area (Å²) in [5, 5.41) is 15.0. The predicted octanol–water partition coefficient (Wildman–Crippen LogP) is 2.81. The Morgan fingerprint density at radius 1 is 1.09 bits per heavy atom. The van der Waals surface area contributed by atoms with Crippen molar-refractivity contribution in [1.29, 1.82) is 0 Å². The molecular formula is C26H25N3O5. The van der Waals surface area contributed by atoms with Crippen molar-refractivity contribution in [3.63, 3.8) is 0 Å². The molecule has 34 heavy (non-hydrogen) atoms. The van der Waals surface area contributed by atoms with Gasteiger partial charge in [-0.1, -0.05) is 24.3 Å². The number of likely N-dealkylation sites (N-methyl/N-ethyl adjacent to an activating group) is 1. The third-order valence-electron chi connectivity index (χ3n) is 5.96. The number of ether oxygens (including phenoxy) is 2. The van der Waals surface area contributed by atoms with Crippen molar-refractivity contribution in [2.24, 2.45) is 0 Å². The smallest absolute Gasteiger partial charge is 0.262 e. The standard InChI is InChI=1S/C26H25N3O5/c1-28(2)12-13-33-19-7-5-6-18(15-19)29-25(31)20-8-3-4-9-21(20)26(29,32)17-10-11-23-22(14-17)27-24(30)16-34-23/h3-11,14-15,32H,12-13,16H2,1-2H3,(H,27,30). The van der Waals surface area contributed by atoms with Gasteiger partial charge in [0.25, 0.3) is 11.8 Å². The van der Waals surface area contributed by atoms with E-state index in [-0.39, 0.29) is 18.4 Å². The van der Waals surface area contributed by atoms with Crippen LogP contribution in [0.1, 0.15) is 21.5 Å². The molecule has 2 amide bonds. The highest BCUT2D eigenvalue weighted by Crippen LogP contribution is 2.46. The molecule has 8 heteroatoms. The third kappa shape index (κ3) is 3.67. The van der Waals surface area contributed by atoms with Crippen LogP contribution in [-0.2, 0) is 10.5 Å². The highest BCUT2D eigenvalue weighted by molar-refractivity contribution is 6.12. The number of amides is 2. The molecule has 0 fully saturated rings. The van der Waals surface area contributed by atoms with Crippen molar-refractivity contribution >= 4 is 23.2 Å². The molecule has 0 spiro atoms. The molecule has 0 aromatic heterocycles. The van der Waals surface area contributed by atoms with Gasteiger partial charge in [0.15, 0.2) is 12.3 Å². The van der Waals surface area contributed by atoms with Crippen LogP contribution >= 0.6 is 0 Å². The lowest BCUT2D eigenvalue weighted by molar-refractivity contribution is -0.118. The molecular weight excluding hydrogens is 434 g/mol. The zero-order valence-electron chi connectivity index (χ0n) is 18.9. The quantitative estimate of drug-likeness (QED) is 0.589. The topological polar surface area (TPSA) is 91.3 Å². The Morgan fingerprint density at radius 3 is 2.74 bits per heavy atom. The molecule has 2 aliphatic rings. The number of benzene rings is 3. The summed E-state index contributed by atoms with van der Waals surface area (Å²) in [4.78, 5) is 28.8. The first-order chi connectivity index (χ1) is 16.4. The van der Waals surface area contributed by atoms with Crippen LogP contribution in [-0.4, -0.2) is 55.7 Å². The maximum Gasteiger partial charge on any atom is 0.262 e. The number of nitrogens with one attached hydrogen (secondary N) is 1. The van der Waals surface area contributed by atoms with Crippen LogP contribution < -0.4 is 19.7 Å². The zero-order chi connectivity index (χ0) is 23.9. The summed E-state index contributed by atoms with van der Waals surface area (Å²) in [6, 6.07) is 19.1. The summed E-state index contributed by atoms with van der Waals surface area (Å²) in [5.74, 6) is 0.490. The number of fused-ring (bicyclic) bond motifs is 2. The van der Waals surface area contributed by atoms with E-state index in [0.29, 0.717) is 46.2 Å². The van der Waals surface area contributed by atoms with Gasteiger partial charge in [-0.3, -0.25) is 14.5 Å². The normalized spacial score (nSPS) is 18.9. The predicted molar refractivity (Wildman–Crippen MR) is 127 cm³/mol. The fourth-order valence-electron chi connectivity index (χ4n) is 4.31. The monoisotopic (exact) mass is 459 g/mol. The van der Waals surface area contributed by atoms with Crippen molar-refractivity contribution in [1.82, 2.24) is 4.90 Å². The Bertz CT molecular complexity index is 1270. The number of nitrogens with zero attached hydrogens (tertiary/aromatic N) is 2. The van der Waals surface area contributed by atoms with Crippen LogP contribution in [0.4, 0.5) is 11.4 Å². The fourth-order valence-corrected chi connectivity index (χ4v) is 4.31. The second-order valence-corrected chi connectivity index (χ2v) is 8.56. The minimum Gasteiger partial charge on any atom is -0.492 e. The summed E-state index contributed by atoms with van der Waals surface area (Å²) in [5.41, 5.74) is 0.426. The van der Waals surface area contributed by atoms with Crippen LogP contribution in [0, 0.1) is 0 Å². The van der Waals surface area contributed by atoms with Crippen molar-refractivity contribution in [3.8, 4) is 11.5 Å². The van der Waals surface area contributed by atoms with E-state index in [2.05, 4.69) is 5.32 Å². The minimum absolute atomic E-state index is 0.0648. The van der Waals surface area contributed by atoms with Crippen LogP contribution in [0.2, 0.25) is 0 Å². The molecule has 0 bridgehead atoms. The van der Waals surface area contributed by atoms with Crippen molar-refractivity contribution in [3.05, 3.63) is 83.4 Å². The SMILES string of the molecule is CN(C)CCOc1cccc(N2C(=O)c3ccccc3C2(O)c2ccc3c(c2)NC(=O)CO3)c1. The maximum absolute atomic E-state index is 13.6. The van der Waals surface area contributed by atoms with Gasteiger partial charge >= 0.3 is 0 Å². The molecule has 174 valence electrons. The van der Waals surface area contributed by atoms with Crippen molar-refractivity contribution in [2.75, 3.05) is 44.1 Å². The van der Waals surface area contributed by atoms with Crippen LogP contribution in [0.5, 0.6) is 11.5 Å². The summed E-state index contributed by atoms with van der Waals surface area (Å²) >= 11 is 0. The molecule has 8 nitrogen and oxygen atoms in total. The number of rotatable bonds is 6. The molecule has 5 rings (SSSR count). The summed E-state index contributed by atoms with van der Waals surface area (Å²) in [6.07, 6.45) is 0. The second-order valence-electron chi connectivity index (χ2n) is 8.56. The molecule has 3 aromatic carbocycles. The Hall–Kier alpha value is -3.88. The first-order valence-corrected chi connectivity index (χ1v) is 11.0. The Morgan fingerprint density at radius 2 is 1.91 bits per heavy atom. The Kier molecular flexibility index (Phi) is 5.47. The first kappa shape index (κ1) is 21.9. The third-order valence-corrected chi connectivity index (χ3v) is 5.96. The summed E-state index contributed by atoms with van der Waals surface area (Å²) in [6.45, 7) is 1.16. The molecule has 1 atom stereocenters. The van der Waals surface area contributed by atoms with E-state index in [0.717, 1.165) is 6.54 Å². The average Bonchev–Trinajstić information content (AvgIpc) is 3.06. The van der Waals surface area contributed by atoms with Crippen molar-refractivity contribution in [2.45, 2.75) is 5.72 Å². The number of carbonyl (C=O) groups is 2. The van der Waals surface area contributed by atoms with E-state index in [1.54, 1.807) is 60.7 Å². The van der Waals surface area contributed by atoms with E-state index in [1.807, 2.05) is 25.1 Å². The van der Waals surface area contributed by atoms with Gasteiger partial charge in [0.05, 0.1) is 11.4 Å². The second kappa shape index (κ2) is 8.48. The highest BCUT2D eigenvalue weighted by Gasteiger charge is 2.51. The largest absolute Gasteiger partial charge is 0.492 e. The van der Waals surface area contributed by atoms with Crippen LogP contribution in [0.3, 0.4) is 0 Å². The van der Waals surface area contributed by atoms with Crippen LogP contribution in [0.15, 0.2) is 66.7 Å². The molecule has 0 saturated heterocycles. The van der Waals surface area contributed by atoms with Gasteiger partial charge in [-0.25, -0.2) is 0 Å². The van der Waals surface area contributed by atoms with Crippen molar-refractivity contribution < 1.29 is 24.2 Å². The molecule has 0 saturated carbocycles. The van der Waals surface area contributed by atoms with Gasteiger partial charge in [-0.2, -0.15) is 0 Å². The van der Waals surface area contributed by atoms with Gasteiger partial charge in [0.2, 0.25) is 0 Å². The molecule has 2 heterocycles. The average molecular weight is 460 g/mol. The molecule has 1 unspecified atom stereocenters. The van der Waals surface area contributed by atoms with E-state index < -0.39 is 5.72 Å². The van der Waals surface area contributed by atoms with Gasteiger partial charge < -0.3 is 24.8 Å². The fraction of sp³-hybridized carbons (Fsp3) is 0.231. The van der Waals surface area contributed by atoms with E-state index in [4.69, 9.17) is 9.47 Å². The zero-order valence-corrected chi connectivity index (χ0v) is 18.9. The molecule has 0 radical (unpaired) electrons. The van der Waals surface area contributed by atoms with Gasteiger partial charge in [-0.05, 0) is 50.5 Å². The highest BCUT2D eigenvalue weighted by atomic mass is 16.5. The number of hydrogen-bond donors (Lipinski definition) is 2. The summed E-state index contributed by atoms with van der Waals surface area (Å²) < 4.78 is 11.3. The van der Waals surface area contributed by atoms with Crippen LogP contribution in [0.25, 0.3) is 0 Å². The number of carbonyl (C=O) groups excluding carboxylic acids is 2. The van der Waals surface area contributed by atoms with E-state index in [9.17, 15) is 14.7 Å². The minimum atomic E-state index is -1.80.